The highest BCUT2D eigenvalue weighted by Crippen LogP contribution is 2.41. The van der Waals surface area contributed by atoms with Crippen LogP contribution in [0.5, 0.6) is 0 Å². The van der Waals surface area contributed by atoms with E-state index in [-0.39, 0.29) is 12.0 Å². The van der Waals surface area contributed by atoms with Crippen LogP contribution in [0.4, 0.5) is 0 Å². The molecule has 1 aliphatic rings. The van der Waals surface area contributed by atoms with Gasteiger partial charge in [0.1, 0.15) is 5.69 Å². The number of nitrogens with one attached hydrogen (secondary N) is 2. The molecule has 2 aromatic carbocycles. The molecule has 5 heteroatoms. The molecule has 4 rings (SSSR count). The van der Waals surface area contributed by atoms with Crippen LogP contribution in [0.1, 0.15) is 28.9 Å². The molecule has 122 valence electrons. The van der Waals surface area contributed by atoms with Crippen molar-refractivity contribution in [1.82, 2.24) is 10.3 Å². The lowest BCUT2D eigenvalue weighted by Crippen LogP contribution is -2.56. The standard InChI is InChI=1S/C19H17ClN2O2/c20-15-7-4-8-16-14(15)9-17(21-16)18(24)22-19(10-13(23)11-19)12-5-2-1-3-6-12/h1-9,13,21,23H,10-11H2,(H,22,24). The summed E-state index contributed by atoms with van der Waals surface area (Å²) in [5.74, 6) is -0.196. The number of H-pyrrole nitrogens is 1. The summed E-state index contributed by atoms with van der Waals surface area (Å²) in [4.78, 5) is 15.9. The number of aliphatic hydroxyl groups excluding tert-OH is 1. The SMILES string of the molecule is O=C(NC1(c2ccccc2)CC(O)C1)c1cc2c(Cl)cccc2[nH]1. The zero-order valence-electron chi connectivity index (χ0n) is 12.9. The van der Waals surface area contributed by atoms with Crippen molar-refractivity contribution >= 4 is 28.4 Å². The van der Waals surface area contributed by atoms with Gasteiger partial charge in [0.15, 0.2) is 0 Å². The number of carbonyl (C=O) groups is 1. The quantitative estimate of drug-likeness (QED) is 0.682. The van der Waals surface area contributed by atoms with E-state index in [0.717, 1.165) is 16.5 Å². The molecule has 1 aliphatic carbocycles. The number of halogens is 1. The minimum atomic E-state index is -0.515. The Hall–Kier alpha value is -2.30. The highest BCUT2D eigenvalue weighted by atomic mass is 35.5. The predicted octanol–water partition coefficient (Wildman–Crippen LogP) is 3.60. The Morgan fingerprint density at radius 3 is 2.58 bits per heavy atom. The normalized spacial score (nSPS) is 23.0. The van der Waals surface area contributed by atoms with Gasteiger partial charge < -0.3 is 15.4 Å². The van der Waals surface area contributed by atoms with Crippen molar-refractivity contribution in [3.63, 3.8) is 0 Å². The number of hydrogen-bond acceptors (Lipinski definition) is 2. The van der Waals surface area contributed by atoms with Gasteiger partial charge in [-0.15, -0.1) is 0 Å². The summed E-state index contributed by atoms with van der Waals surface area (Å²) < 4.78 is 0. The third-order valence-electron chi connectivity index (χ3n) is 4.70. The van der Waals surface area contributed by atoms with Gasteiger partial charge in [-0.1, -0.05) is 48.0 Å². The summed E-state index contributed by atoms with van der Waals surface area (Å²) in [5.41, 5.74) is 1.79. The van der Waals surface area contributed by atoms with E-state index in [1.54, 1.807) is 12.1 Å². The largest absolute Gasteiger partial charge is 0.393 e. The predicted molar refractivity (Wildman–Crippen MR) is 94.1 cm³/mol. The second-order valence-corrected chi connectivity index (χ2v) is 6.76. The first-order chi connectivity index (χ1) is 11.6. The Labute approximate surface area is 144 Å². The monoisotopic (exact) mass is 340 g/mol. The maximum absolute atomic E-state index is 12.7. The molecular weight excluding hydrogens is 324 g/mol. The average Bonchev–Trinajstić information content (AvgIpc) is 3.00. The molecule has 0 spiro atoms. The van der Waals surface area contributed by atoms with Gasteiger partial charge in [0.05, 0.1) is 11.6 Å². The Morgan fingerprint density at radius 1 is 1.17 bits per heavy atom. The summed E-state index contributed by atoms with van der Waals surface area (Å²) >= 11 is 6.18. The molecule has 0 bridgehead atoms. The van der Waals surface area contributed by atoms with Crippen LogP contribution in [-0.4, -0.2) is 22.1 Å². The molecule has 1 saturated carbocycles. The van der Waals surface area contributed by atoms with E-state index in [1.165, 1.54) is 0 Å². The van der Waals surface area contributed by atoms with Crippen LogP contribution in [-0.2, 0) is 5.54 Å². The van der Waals surface area contributed by atoms with Crippen LogP contribution in [0.25, 0.3) is 10.9 Å². The number of benzene rings is 2. The number of aromatic nitrogens is 1. The van der Waals surface area contributed by atoms with E-state index >= 15 is 0 Å². The van der Waals surface area contributed by atoms with Crippen LogP contribution in [0, 0.1) is 0 Å². The van der Waals surface area contributed by atoms with Gasteiger partial charge in [-0.05, 0) is 23.8 Å². The maximum Gasteiger partial charge on any atom is 0.268 e. The van der Waals surface area contributed by atoms with Crippen molar-refractivity contribution in [2.75, 3.05) is 0 Å². The molecule has 3 aromatic rings. The maximum atomic E-state index is 12.7. The summed E-state index contributed by atoms with van der Waals surface area (Å²) in [6.45, 7) is 0. The van der Waals surface area contributed by atoms with E-state index in [0.29, 0.717) is 23.6 Å². The zero-order valence-corrected chi connectivity index (χ0v) is 13.7. The Morgan fingerprint density at radius 2 is 1.92 bits per heavy atom. The summed E-state index contributed by atoms with van der Waals surface area (Å²) in [5, 5.41) is 14.3. The number of aromatic amines is 1. The molecule has 1 amide bonds. The third-order valence-corrected chi connectivity index (χ3v) is 5.03. The number of rotatable bonds is 3. The van der Waals surface area contributed by atoms with Crippen LogP contribution in [0.15, 0.2) is 54.6 Å². The van der Waals surface area contributed by atoms with Crippen LogP contribution in [0.3, 0.4) is 0 Å². The number of fused-ring (bicyclic) bond motifs is 1. The van der Waals surface area contributed by atoms with Gasteiger partial charge in [-0.2, -0.15) is 0 Å². The van der Waals surface area contributed by atoms with Crippen molar-refractivity contribution in [1.29, 1.82) is 0 Å². The highest BCUT2D eigenvalue weighted by molar-refractivity contribution is 6.35. The summed E-state index contributed by atoms with van der Waals surface area (Å²) in [6, 6.07) is 17.1. The molecule has 0 unspecified atom stereocenters. The molecule has 1 heterocycles. The Bertz CT molecular complexity index is 898. The average molecular weight is 341 g/mol. The van der Waals surface area contributed by atoms with Gasteiger partial charge in [0.25, 0.3) is 5.91 Å². The van der Waals surface area contributed by atoms with Crippen LogP contribution in [0.2, 0.25) is 5.02 Å². The molecule has 0 aliphatic heterocycles. The first-order valence-corrected chi connectivity index (χ1v) is 8.28. The minimum absolute atomic E-state index is 0.196. The molecular formula is C19H17ClN2O2. The molecule has 1 aromatic heterocycles. The minimum Gasteiger partial charge on any atom is -0.393 e. The number of carbonyl (C=O) groups excluding carboxylic acids is 1. The van der Waals surface area contributed by atoms with Crippen molar-refractivity contribution in [2.45, 2.75) is 24.5 Å². The number of aliphatic hydroxyl groups is 1. The van der Waals surface area contributed by atoms with Crippen LogP contribution < -0.4 is 5.32 Å². The fraction of sp³-hybridized carbons (Fsp3) is 0.211. The van der Waals surface area contributed by atoms with Crippen molar-refractivity contribution in [3.8, 4) is 0 Å². The van der Waals surface area contributed by atoms with Gasteiger partial charge in [-0.3, -0.25) is 4.79 Å². The van der Waals surface area contributed by atoms with Gasteiger partial charge in [0, 0.05) is 28.8 Å². The van der Waals surface area contributed by atoms with E-state index in [1.807, 2.05) is 42.5 Å². The molecule has 3 N–H and O–H groups in total. The Kier molecular flexibility index (Phi) is 3.59. The molecule has 0 atom stereocenters. The lowest BCUT2D eigenvalue weighted by Gasteiger charge is -2.46. The molecule has 24 heavy (non-hydrogen) atoms. The summed E-state index contributed by atoms with van der Waals surface area (Å²) in [6.07, 6.45) is 0.649. The van der Waals surface area contributed by atoms with E-state index in [9.17, 15) is 9.90 Å². The van der Waals surface area contributed by atoms with E-state index < -0.39 is 5.54 Å². The molecule has 0 radical (unpaired) electrons. The summed E-state index contributed by atoms with van der Waals surface area (Å²) in [7, 11) is 0. The van der Waals surface area contributed by atoms with Gasteiger partial charge in [-0.25, -0.2) is 0 Å². The number of hydrogen-bond donors (Lipinski definition) is 3. The van der Waals surface area contributed by atoms with Gasteiger partial charge >= 0.3 is 0 Å². The van der Waals surface area contributed by atoms with Crippen molar-refractivity contribution < 1.29 is 9.90 Å². The first kappa shape index (κ1) is 15.2. The molecule has 0 saturated heterocycles. The zero-order chi connectivity index (χ0) is 16.7. The third kappa shape index (κ3) is 2.48. The highest BCUT2D eigenvalue weighted by Gasteiger charge is 2.46. The van der Waals surface area contributed by atoms with Gasteiger partial charge in [0.2, 0.25) is 0 Å². The van der Waals surface area contributed by atoms with E-state index in [4.69, 9.17) is 11.6 Å². The van der Waals surface area contributed by atoms with E-state index in [2.05, 4.69) is 10.3 Å². The van der Waals surface area contributed by atoms with Crippen molar-refractivity contribution in [3.05, 3.63) is 70.9 Å². The topological polar surface area (TPSA) is 65.1 Å². The lowest BCUT2D eigenvalue weighted by atomic mass is 9.69. The second-order valence-electron chi connectivity index (χ2n) is 6.35. The first-order valence-electron chi connectivity index (χ1n) is 7.91. The molecule has 1 fully saturated rings. The lowest BCUT2D eigenvalue weighted by molar-refractivity contribution is 0.000899. The fourth-order valence-corrected chi connectivity index (χ4v) is 3.67. The number of amides is 1. The van der Waals surface area contributed by atoms with Crippen molar-refractivity contribution in [2.24, 2.45) is 0 Å². The van der Waals surface area contributed by atoms with Crippen LogP contribution >= 0.6 is 11.6 Å². The Balaban J connectivity index is 1.65. The second kappa shape index (κ2) is 5.65. The molecule has 4 nitrogen and oxygen atoms in total. The smallest absolute Gasteiger partial charge is 0.268 e. The fourth-order valence-electron chi connectivity index (χ4n) is 3.44.